The van der Waals surface area contributed by atoms with Crippen molar-refractivity contribution in [3.63, 3.8) is 0 Å². The lowest BCUT2D eigenvalue weighted by molar-refractivity contribution is 1.04. The van der Waals surface area contributed by atoms with Gasteiger partial charge in [0, 0.05) is 0 Å². The minimum absolute atomic E-state index is 0.991. The molecule has 0 aromatic rings. The zero-order valence-corrected chi connectivity index (χ0v) is 5.84. The number of unbranched alkanes of at least 4 members (excludes halogenated alkanes) is 1. The summed E-state index contributed by atoms with van der Waals surface area (Å²) in [6.45, 7) is 7.30. The van der Waals surface area contributed by atoms with Gasteiger partial charge in [0.15, 0.2) is 0 Å². The first-order valence-corrected chi connectivity index (χ1v) is 3.30. The lowest BCUT2D eigenvalue weighted by Crippen LogP contribution is -1.61. The Morgan fingerprint density at radius 3 is 2.44 bits per heavy atom. The van der Waals surface area contributed by atoms with Crippen molar-refractivity contribution in [1.29, 1.82) is 0 Å². The van der Waals surface area contributed by atoms with Gasteiger partial charge in [0.25, 0.3) is 0 Å². The fourth-order valence-electron chi connectivity index (χ4n) is 0.507. The molecule has 0 heteroatoms. The predicted molar refractivity (Wildman–Crippen MR) is 42.8 cm³/mol. The van der Waals surface area contributed by atoms with Gasteiger partial charge in [0.1, 0.15) is 0 Å². The Kier molecular flexibility index (Phi) is 7.05. The van der Waals surface area contributed by atoms with E-state index in [2.05, 4.69) is 26.0 Å². The van der Waals surface area contributed by atoms with Gasteiger partial charge >= 0.3 is 0 Å². The molecule has 0 aromatic heterocycles. The molecule has 0 aliphatic heterocycles. The molecule has 0 aliphatic carbocycles. The Bertz CT molecular complexity index is 88.2. The molecule has 50 valence electrons. The second-order valence-electron chi connectivity index (χ2n) is 1.82. The van der Waals surface area contributed by atoms with Crippen molar-refractivity contribution >= 4 is 0 Å². The highest BCUT2D eigenvalue weighted by molar-refractivity contribution is 4.93. The predicted octanol–water partition coefficient (Wildman–Crippen LogP) is 2.94. The second kappa shape index (κ2) is 7.48. The minimum Gasteiger partial charge on any atom is -0.0882 e. The van der Waals surface area contributed by atoms with Gasteiger partial charge in [0.05, 0.1) is 0 Å². The van der Waals surface area contributed by atoms with Crippen LogP contribution in [-0.2, 0) is 0 Å². The molecule has 0 amide bonds. The second-order valence-corrected chi connectivity index (χ2v) is 1.82. The molecule has 0 atom stereocenters. The third-order valence-corrected chi connectivity index (χ3v) is 0.976. The zero-order chi connectivity index (χ0) is 6.95. The summed E-state index contributed by atoms with van der Waals surface area (Å²) in [7, 11) is 0. The molecule has 0 aliphatic rings. The molecule has 0 spiro atoms. The quantitative estimate of drug-likeness (QED) is 0.503. The molecular weight excluding hydrogens is 108 g/mol. The molecule has 0 N–H and O–H groups in total. The Morgan fingerprint density at radius 2 is 1.89 bits per heavy atom. The molecule has 0 rings (SSSR count). The number of hydrogen-bond donors (Lipinski definition) is 0. The van der Waals surface area contributed by atoms with E-state index in [1.54, 1.807) is 0 Å². The Hall–Kier alpha value is -0.520. The van der Waals surface area contributed by atoms with E-state index in [1.807, 2.05) is 12.2 Å². The van der Waals surface area contributed by atoms with E-state index in [-0.39, 0.29) is 0 Å². The summed E-state index contributed by atoms with van der Waals surface area (Å²) in [5.41, 5.74) is 0. The first-order chi connectivity index (χ1) is 4.41. The summed E-state index contributed by atoms with van der Waals surface area (Å²) in [6.07, 6.45) is 11.2. The van der Waals surface area contributed by atoms with Crippen LogP contribution in [0.3, 0.4) is 0 Å². The van der Waals surface area contributed by atoms with E-state index >= 15 is 0 Å². The van der Waals surface area contributed by atoms with Crippen molar-refractivity contribution in [3.8, 4) is 0 Å². The van der Waals surface area contributed by atoms with Crippen LogP contribution >= 0.6 is 0 Å². The summed E-state index contributed by atoms with van der Waals surface area (Å²) in [5.74, 6) is 0. The average molecular weight is 122 g/mol. The molecule has 0 saturated carbocycles. The van der Waals surface area contributed by atoms with Crippen LogP contribution in [0, 0.1) is 13.8 Å². The van der Waals surface area contributed by atoms with E-state index < -0.39 is 0 Å². The van der Waals surface area contributed by atoms with Crippen LogP contribution in [0.1, 0.15) is 19.3 Å². The van der Waals surface area contributed by atoms with Gasteiger partial charge in [-0.25, -0.2) is 0 Å². The standard InChI is InChI=1S/C9H14/c1-3-5-7-9-8-6-4-2/h3,5,8-9H,1-2,4,6-7H2. The normalized spacial score (nSPS) is 11.8. The Morgan fingerprint density at radius 1 is 1.11 bits per heavy atom. The molecule has 0 aromatic carbocycles. The van der Waals surface area contributed by atoms with Crippen LogP contribution in [0.25, 0.3) is 0 Å². The van der Waals surface area contributed by atoms with Crippen LogP contribution in [0.5, 0.6) is 0 Å². The average Bonchev–Trinajstić information content (AvgIpc) is 1.89. The fraction of sp³-hybridized carbons (Fsp3) is 0.333. The van der Waals surface area contributed by atoms with Gasteiger partial charge in [-0.15, -0.1) is 0 Å². The number of hydrogen-bond acceptors (Lipinski definition) is 0. The van der Waals surface area contributed by atoms with Gasteiger partial charge in [-0.05, 0) is 26.2 Å². The summed E-state index contributed by atoms with van der Waals surface area (Å²) in [4.78, 5) is 0. The summed E-state index contributed by atoms with van der Waals surface area (Å²) >= 11 is 0. The number of allylic oxidation sites excluding steroid dienone is 4. The van der Waals surface area contributed by atoms with Crippen LogP contribution in [0.2, 0.25) is 0 Å². The highest BCUT2D eigenvalue weighted by Gasteiger charge is 1.70. The van der Waals surface area contributed by atoms with Crippen molar-refractivity contribution < 1.29 is 0 Å². The smallest absolute Gasteiger partial charge is 0.0169 e. The highest BCUT2D eigenvalue weighted by Crippen LogP contribution is 1.91. The molecular formula is C9H14. The first kappa shape index (κ1) is 8.48. The monoisotopic (exact) mass is 122 g/mol. The summed E-state index contributed by atoms with van der Waals surface area (Å²) in [5, 5.41) is 0. The van der Waals surface area contributed by atoms with Crippen molar-refractivity contribution in [2.45, 2.75) is 19.3 Å². The summed E-state index contributed by atoms with van der Waals surface area (Å²) < 4.78 is 0. The van der Waals surface area contributed by atoms with Gasteiger partial charge in [-0.3, -0.25) is 0 Å². The molecule has 0 saturated heterocycles. The minimum atomic E-state index is 0.991. The van der Waals surface area contributed by atoms with Crippen LogP contribution < -0.4 is 0 Å². The van der Waals surface area contributed by atoms with E-state index in [0.29, 0.717) is 0 Å². The lowest BCUT2D eigenvalue weighted by atomic mass is 10.3. The van der Waals surface area contributed by atoms with Gasteiger partial charge in [0.2, 0.25) is 0 Å². The maximum Gasteiger partial charge on any atom is -0.0169 e. The molecule has 0 unspecified atom stereocenters. The summed E-state index contributed by atoms with van der Waals surface area (Å²) in [6, 6.07) is 0. The third-order valence-electron chi connectivity index (χ3n) is 0.976. The van der Waals surface area contributed by atoms with Crippen LogP contribution in [0.4, 0.5) is 0 Å². The van der Waals surface area contributed by atoms with E-state index in [9.17, 15) is 0 Å². The maximum absolute atomic E-state index is 3.72. The van der Waals surface area contributed by atoms with Gasteiger partial charge < -0.3 is 0 Å². The Balaban J connectivity index is 3.04. The van der Waals surface area contributed by atoms with Crippen LogP contribution in [0.15, 0.2) is 24.3 Å². The highest BCUT2D eigenvalue weighted by atomic mass is 13.8. The zero-order valence-electron chi connectivity index (χ0n) is 5.84. The molecule has 0 heterocycles. The largest absolute Gasteiger partial charge is 0.0882 e. The van der Waals surface area contributed by atoms with Crippen LogP contribution in [-0.4, -0.2) is 0 Å². The van der Waals surface area contributed by atoms with E-state index in [0.717, 1.165) is 19.3 Å². The van der Waals surface area contributed by atoms with E-state index in [4.69, 9.17) is 0 Å². The van der Waals surface area contributed by atoms with Gasteiger partial charge in [-0.1, -0.05) is 31.2 Å². The number of rotatable bonds is 4. The Labute approximate surface area is 58.3 Å². The van der Waals surface area contributed by atoms with Crippen molar-refractivity contribution in [2.24, 2.45) is 0 Å². The van der Waals surface area contributed by atoms with E-state index in [1.165, 1.54) is 0 Å². The topological polar surface area (TPSA) is 0 Å². The molecule has 0 fully saturated rings. The maximum atomic E-state index is 3.72. The molecule has 0 bridgehead atoms. The van der Waals surface area contributed by atoms with Gasteiger partial charge in [-0.2, -0.15) is 0 Å². The SMILES string of the molecule is [CH2]C=CCC=CCC[CH2]. The lowest BCUT2D eigenvalue weighted by Gasteiger charge is -1.81. The van der Waals surface area contributed by atoms with Crippen molar-refractivity contribution in [2.75, 3.05) is 0 Å². The fourth-order valence-corrected chi connectivity index (χ4v) is 0.507. The molecule has 2 radical (unpaired) electrons. The van der Waals surface area contributed by atoms with Crippen molar-refractivity contribution in [3.05, 3.63) is 38.2 Å². The molecule has 0 nitrogen and oxygen atoms in total. The molecule has 9 heavy (non-hydrogen) atoms. The van der Waals surface area contributed by atoms with Crippen molar-refractivity contribution in [1.82, 2.24) is 0 Å². The first-order valence-electron chi connectivity index (χ1n) is 3.30. The third kappa shape index (κ3) is 7.48.